The van der Waals surface area contributed by atoms with Gasteiger partial charge in [-0.1, -0.05) is 54.6 Å². The maximum absolute atomic E-state index is 13.9. The van der Waals surface area contributed by atoms with E-state index in [4.69, 9.17) is 4.74 Å². The van der Waals surface area contributed by atoms with Gasteiger partial charge in [0.2, 0.25) is 0 Å². The van der Waals surface area contributed by atoms with E-state index in [1.54, 1.807) is 24.3 Å². The summed E-state index contributed by atoms with van der Waals surface area (Å²) in [5.41, 5.74) is 3.20. The molecule has 31 heavy (non-hydrogen) atoms. The molecular weight excluding hydrogens is 395 g/mol. The van der Waals surface area contributed by atoms with Gasteiger partial charge < -0.3 is 14.8 Å². The van der Waals surface area contributed by atoms with Crippen LogP contribution < -0.4 is 10.1 Å². The number of hydrogen-bond acceptors (Lipinski definition) is 3. The topological polar surface area (TPSA) is 74.3 Å². The average molecular weight is 418 g/mol. The number of carboxylic acids is 1. The minimum absolute atomic E-state index is 0.0986. The predicted octanol–water partition coefficient (Wildman–Crippen LogP) is 4.67. The molecule has 0 aliphatic carbocycles. The van der Waals surface area contributed by atoms with Crippen LogP contribution in [0.5, 0.6) is 5.75 Å². The monoisotopic (exact) mass is 418 g/mol. The maximum Gasteiger partial charge on any atom is 0.321 e. The van der Waals surface area contributed by atoms with Crippen molar-refractivity contribution in [1.29, 1.82) is 0 Å². The predicted molar refractivity (Wildman–Crippen MR) is 117 cm³/mol. The van der Waals surface area contributed by atoms with Crippen molar-refractivity contribution in [2.45, 2.75) is 25.6 Å². The highest BCUT2D eigenvalue weighted by atomic mass is 19.1. The van der Waals surface area contributed by atoms with Crippen molar-refractivity contribution in [2.24, 2.45) is 0 Å². The standard InChI is InChI=1S/C25H23FN2O3/c26-21-10-4-1-8-18(21)16-31-24-12-6-2-7-17(24)14-28-23(25(29)30)13-19-15-27-22-11-5-3-9-20(19)22/h1-12,15,23,27-28H,13-14,16H2,(H,29,30)/t23-/m1/s1. The Morgan fingerprint density at radius 1 is 0.968 bits per heavy atom. The van der Waals surface area contributed by atoms with Crippen LogP contribution in [0.25, 0.3) is 10.9 Å². The third-order valence-electron chi connectivity index (χ3n) is 5.25. The third-order valence-corrected chi connectivity index (χ3v) is 5.25. The third kappa shape index (κ3) is 4.92. The Hall–Kier alpha value is -3.64. The number of fused-ring (bicyclic) bond motifs is 1. The van der Waals surface area contributed by atoms with Crippen LogP contribution in [-0.4, -0.2) is 22.1 Å². The molecule has 3 N–H and O–H groups in total. The minimum Gasteiger partial charge on any atom is -0.488 e. The smallest absolute Gasteiger partial charge is 0.321 e. The lowest BCUT2D eigenvalue weighted by molar-refractivity contribution is -0.139. The first kappa shape index (κ1) is 20.6. The number of carboxylic acid groups (broad SMARTS) is 1. The summed E-state index contributed by atoms with van der Waals surface area (Å²) in [6.45, 7) is 0.411. The largest absolute Gasteiger partial charge is 0.488 e. The van der Waals surface area contributed by atoms with Gasteiger partial charge in [-0.3, -0.25) is 10.1 Å². The number of para-hydroxylation sites is 2. The molecule has 1 heterocycles. The molecule has 158 valence electrons. The minimum atomic E-state index is -0.921. The van der Waals surface area contributed by atoms with Gasteiger partial charge in [0.1, 0.15) is 24.2 Å². The molecule has 3 aromatic carbocycles. The van der Waals surface area contributed by atoms with E-state index in [1.807, 2.05) is 48.7 Å². The molecule has 5 nitrogen and oxygen atoms in total. The summed E-state index contributed by atoms with van der Waals surface area (Å²) in [6, 6.07) is 20.9. The Bertz CT molecular complexity index is 1190. The van der Waals surface area contributed by atoms with Crippen LogP contribution >= 0.6 is 0 Å². The molecule has 1 aromatic heterocycles. The first-order chi connectivity index (χ1) is 15.1. The van der Waals surface area contributed by atoms with Gasteiger partial charge >= 0.3 is 5.97 Å². The number of aromatic amines is 1. The van der Waals surface area contributed by atoms with Crippen molar-refractivity contribution in [3.63, 3.8) is 0 Å². The van der Waals surface area contributed by atoms with Gasteiger partial charge in [0, 0.05) is 41.2 Å². The van der Waals surface area contributed by atoms with Gasteiger partial charge in [-0.05, 0) is 23.8 Å². The van der Waals surface area contributed by atoms with E-state index in [0.717, 1.165) is 22.0 Å². The average Bonchev–Trinajstić information content (AvgIpc) is 3.19. The number of carbonyl (C=O) groups is 1. The number of H-pyrrole nitrogens is 1. The van der Waals surface area contributed by atoms with Gasteiger partial charge in [0.15, 0.2) is 0 Å². The Morgan fingerprint density at radius 3 is 2.48 bits per heavy atom. The molecule has 0 aliphatic heterocycles. The van der Waals surface area contributed by atoms with Gasteiger partial charge in [-0.25, -0.2) is 4.39 Å². The van der Waals surface area contributed by atoms with Crippen molar-refractivity contribution in [2.75, 3.05) is 0 Å². The molecular formula is C25H23FN2O3. The van der Waals surface area contributed by atoms with E-state index in [0.29, 0.717) is 24.3 Å². The zero-order valence-corrected chi connectivity index (χ0v) is 16.8. The summed E-state index contributed by atoms with van der Waals surface area (Å²) in [7, 11) is 0. The molecule has 0 saturated carbocycles. The molecule has 4 rings (SSSR count). The zero-order valence-electron chi connectivity index (χ0n) is 16.8. The van der Waals surface area contributed by atoms with Gasteiger partial charge in [0.25, 0.3) is 0 Å². The van der Waals surface area contributed by atoms with Crippen molar-refractivity contribution in [3.8, 4) is 5.75 Å². The number of halogens is 1. The van der Waals surface area contributed by atoms with Crippen LogP contribution in [0.4, 0.5) is 4.39 Å². The molecule has 6 heteroatoms. The quantitative estimate of drug-likeness (QED) is 0.369. The van der Waals surface area contributed by atoms with Crippen molar-refractivity contribution in [3.05, 3.63) is 102 Å². The fraction of sp³-hybridized carbons (Fsp3) is 0.160. The van der Waals surface area contributed by atoms with Crippen molar-refractivity contribution >= 4 is 16.9 Å². The van der Waals surface area contributed by atoms with Gasteiger partial charge in [-0.15, -0.1) is 0 Å². The Kier molecular flexibility index (Phi) is 6.29. The maximum atomic E-state index is 13.9. The lowest BCUT2D eigenvalue weighted by atomic mass is 10.0. The Labute approximate surface area is 179 Å². The number of aromatic nitrogens is 1. The number of aliphatic carboxylic acids is 1. The second-order valence-corrected chi connectivity index (χ2v) is 7.32. The van der Waals surface area contributed by atoms with Crippen molar-refractivity contribution in [1.82, 2.24) is 10.3 Å². The number of ether oxygens (including phenoxy) is 1. The highest BCUT2D eigenvalue weighted by Crippen LogP contribution is 2.22. The second-order valence-electron chi connectivity index (χ2n) is 7.32. The van der Waals surface area contributed by atoms with E-state index in [1.165, 1.54) is 6.07 Å². The van der Waals surface area contributed by atoms with Crippen LogP contribution in [0.2, 0.25) is 0 Å². The Morgan fingerprint density at radius 2 is 1.68 bits per heavy atom. The first-order valence-corrected chi connectivity index (χ1v) is 10.1. The van der Waals surface area contributed by atoms with Crippen LogP contribution in [-0.2, 0) is 24.4 Å². The van der Waals surface area contributed by atoms with E-state index in [9.17, 15) is 14.3 Å². The molecule has 0 aliphatic rings. The molecule has 0 amide bonds. The van der Waals surface area contributed by atoms with E-state index < -0.39 is 12.0 Å². The number of hydrogen-bond donors (Lipinski definition) is 3. The number of nitrogens with one attached hydrogen (secondary N) is 2. The fourth-order valence-electron chi connectivity index (χ4n) is 3.56. The molecule has 0 saturated heterocycles. The molecule has 1 atom stereocenters. The molecule has 0 radical (unpaired) electrons. The highest BCUT2D eigenvalue weighted by molar-refractivity contribution is 5.84. The normalized spacial score (nSPS) is 12.0. The van der Waals surface area contributed by atoms with E-state index in [-0.39, 0.29) is 12.4 Å². The molecule has 4 aromatic rings. The van der Waals surface area contributed by atoms with Crippen LogP contribution in [0, 0.1) is 5.82 Å². The summed E-state index contributed by atoms with van der Waals surface area (Å²) in [6.07, 6.45) is 2.20. The van der Waals surface area contributed by atoms with Crippen LogP contribution in [0.15, 0.2) is 79.0 Å². The molecule has 0 bridgehead atoms. The summed E-state index contributed by atoms with van der Waals surface area (Å²) >= 11 is 0. The van der Waals surface area contributed by atoms with Gasteiger partial charge in [-0.2, -0.15) is 0 Å². The summed E-state index contributed by atoms with van der Waals surface area (Å²) in [5, 5.41) is 13.9. The van der Waals surface area contributed by atoms with Crippen molar-refractivity contribution < 1.29 is 19.0 Å². The summed E-state index contributed by atoms with van der Waals surface area (Å²) < 4.78 is 19.7. The Balaban J connectivity index is 1.44. The van der Waals surface area contributed by atoms with Gasteiger partial charge in [0.05, 0.1) is 0 Å². The van der Waals surface area contributed by atoms with E-state index in [2.05, 4.69) is 10.3 Å². The highest BCUT2D eigenvalue weighted by Gasteiger charge is 2.20. The number of rotatable bonds is 9. The van der Waals surface area contributed by atoms with Crippen LogP contribution in [0.1, 0.15) is 16.7 Å². The first-order valence-electron chi connectivity index (χ1n) is 10.1. The number of benzene rings is 3. The summed E-state index contributed by atoms with van der Waals surface area (Å²) in [5.74, 6) is -0.646. The molecule has 0 fully saturated rings. The van der Waals surface area contributed by atoms with E-state index >= 15 is 0 Å². The fourth-order valence-corrected chi connectivity index (χ4v) is 3.56. The van der Waals surface area contributed by atoms with Crippen LogP contribution in [0.3, 0.4) is 0 Å². The zero-order chi connectivity index (χ0) is 21.6. The molecule has 0 unspecified atom stereocenters. The second kappa shape index (κ2) is 9.45. The lowest BCUT2D eigenvalue weighted by Gasteiger charge is -2.17. The molecule has 0 spiro atoms. The lowest BCUT2D eigenvalue weighted by Crippen LogP contribution is -2.38. The SMILES string of the molecule is O=C(O)[C@@H](Cc1c[nH]c2ccccc12)NCc1ccccc1OCc1ccccc1F. The summed E-state index contributed by atoms with van der Waals surface area (Å²) in [4.78, 5) is 15.1.